The molecule has 17 heavy (non-hydrogen) atoms. The van der Waals surface area contributed by atoms with Crippen molar-refractivity contribution in [1.29, 1.82) is 0 Å². The molecule has 2 rings (SSSR count). The Hall–Kier alpha value is -0.750. The van der Waals surface area contributed by atoms with Gasteiger partial charge in [-0.1, -0.05) is 0 Å². The van der Waals surface area contributed by atoms with Crippen LogP contribution in [0.25, 0.3) is 0 Å². The monoisotopic (exact) mass is 318 g/mol. The number of hydrogen-bond donors (Lipinski definition) is 1. The molecule has 0 radical (unpaired) electrons. The molecule has 1 aromatic rings. The Kier molecular flexibility index (Phi) is 3.36. The normalized spacial score (nSPS) is 23.6. The third kappa shape index (κ3) is 2.74. The van der Waals surface area contributed by atoms with E-state index in [-0.39, 0.29) is 17.5 Å². The maximum atomic E-state index is 11.5. The van der Waals surface area contributed by atoms with E-state index in [9.17, 15) is 8.42 Å². The lowest BCUT2D eigenvalue weighted by molar-refractivity contribution is 0.568. The average Bonchev–Trinajstić information content (AvgIpc) is 2.18. The first-order chi connectivity index (χ1) is 7.89. The van der Waals surface area contributed by atoms with Crippen LogP contribution < -0.4 is 10.6 Å². The topological polar surface area (TPSA) is 63.4 Å². The highest BCUT2D eigenvalue weighted by molar-refractivity contribution is 9.10. The molecule has 1 atom stereocenters. The van der Waals surface area contributed by atoms with Gasteiger partial charge < -0.3 is 10.6 Å². The van der Waals surface area contributed by atoms with Crippen LogP contribution in [0.15, 0.2) is 22.7 Å². The van der Waals surface area contributed by atoms with E-state index in [1.54, 1.807) is 0 Å². The van der Waals surface area contributed by atoms with Gasteiger partial charge in [-0.2, -0.15) is 0 Å². The summed E-state index contributed by atoms with van der Waals surface area (Å²) < 4.78 is 23.9. The maximum Gasteiger partial charge on any atom is 0.154 e. The summed E-state index contributed by atoms with van der Waals surface area (Å²) in [5.74, 6) is 0.429. The van der Waals surface area contributed by atoms with E-state index in [1.807, 2.05) is 25.1 Å². The summed E-state index contributed by atoms with van der Waals surface area (Å²) in [4.78, 5) is 2.10. The van der Waals surface area contributed by atoms with Crippen molar-refractivity contribution in [3.8, 4) is 0 Å². The summed E-state index contributed by atoms with van der Waals surface area (Å²) in [6, 6.07) is 5.59. The van der Waals surface area contributed by atoms with Crippen LogP contribution in [0.4, 0.5) is 11.4 Å². The fourth-order valence-corrected chi connectivity index (χ4v) is 4.29. The molecule has 0 aliphatic carbocycles. The van der Waals surface area contributed by atoms with E-state index in [0.29, 0.717) is 12.2 Å². The van der Waals surface area contributed by atoms with Crippen LogP contribution in [-0.4, -0.2) is 32.5 Å². The van der Waals surface area contributed by atoms with Gasteiger partial charge in [0.05, 0.1) is 17.2 Å². The summed E-state index contributed by atoms with van der Waals surface area (Å²) in [7, 11) is -2.88. The van der Waals surface area contributed by atoms with Gasteiger partial charge in [-0.15, -0.1) is 0 Å². The number of hydrogen-bond acceptors (Lipinski definition) is 4. The molecule has 1 heterocycles. The molecule has 6 heteroatoms. The van der Waals surface area contributed by atoms with Gasteiger partial charge in [0, 0.05) is 22.7 Å². The highest BCUT2D eigenvalue weighted by Crippen LogP contribution is 2.31. The summed E-state index contributed by atoms with van der Waals surface area (Å²) in [6.45, 7) is 2.46. The first kappa shape index (κ1) is 12.7. The van der Waals surface area contributed by atoms with E-state index in [4.69, 9.17) is 5.73 Å². The van der Waals surface area contributed by atoms with Crippen LogP contribution in [0.5, 0.6) is 0 Å². The lowest BCUT2D eigenvalue weighted by atomic mass is 10.2. The standard InChI is InChI=1S/C11H15BrN2O2S/c1-8-7-17(15,16)5-4-14(8)11-3-2-9(13)6-10(11)12/h2-3,6,8H,4-5,7,13H2,1H3. The van der Waals surface area contributed by atoms with Crippen molar-refractivity contribution >= 4 is 37.1 Å². The molecule has 1 aliphatic rings. The summed E-state index contributed by atoms with van der Waals surface area (Å²) in [5, 5.41) is 0. The Morgan fingerprint density at radius 3 is 2.76 bits per heavy atom. The van der Waals surface area contributed by atoms with Crippen LogP contribution in [-0.2, 0) is 9.84 Å². The molecule has 0 amide bonds. The van der Waals surface area contributed by atoms with Crippen molar-refractivity contribution in [3.05, 3.63) is 22.7 Å². The van der Waals surface area contributed by atoms with Crippen LogP contribution in [0.2, 0.25) is 0 Å². The second-order valence-electron chi connectivity index (χ2n) is 4.37. The summed E-state index contributed by atoms with van der Waals surface area (Å²) in [6.07, 6.45) is 0. The number of benzene rings is 1. The zero-order valence-corrected chi connectivity index (χ0v) is 12.0. The molecule has 0 saturated carbocycles. The minimum atomic E-state index is -2.88. The molecule has 0 spiro atoms. The van der Waals surface area contributed by atoms with E-state index in [1.165, 1.54) is 0 Å². The number of rotatable bonds is 1. The minimum Gasteiger partial charge on any atom is -0.399 e. The number of anilines is 2. The van der Waals surface area contributed by atoms with Gasteiger partial charge in [0.25, 0.3) is 0 Å². The molecule has 4 nitrogen and oxygen atoms in total. The summed E-state index contributed by atoms with van der Waals surface area (Å²) in [5.41, 5.74) is 7.38. The molecule has 1 aromatic carbocycles. The minimum absolute atomic E-state index is 0.00586. The van der Waals surface area contributed by atoms with Crippen molar-refractivity contribution in [1.82, 2.24) is 0 Å². The van der Waals surface area contributed by atoms with Gasteiger partial charge in [-0.25, -0.2) is 8.42 Å². The quantitative estimate of drug-likeness (QED) is 0.800. The third-order valence-electron chi connectivity index (χ3n) is 2.95. The van der Waals surface area contributed by atoms with Gasteiger partial charge in [0.15, 0.2) is 9.84 Å². The predicted molar refractivity (Wildman–Crippen MR) is 74.0 cm³/mol. The van der Waals surface area contributed by atoms with Crippen molar-refractivity contribution in [3.63, 3.8) is 0 Å². The van der Waals surface area contributed by atoms with Crippen LogP contribution in [0, 0.1) is 0 Å². The Balaban J connectivity index is 2.29. The van der Waals surface area contributed by atoms with Crippen LogP contribution in [0.1, 0.15) is 6.92 Å². The number of nitrogens with two attached hydrogens (primary N) is 1. The fourth-order valence-electron chi connectivity index (χ4n) is 2.11. The van der Waals surface area contributed by atoms with Gasteiger partial charge in [0.2, 0.25) is 0 Å². The molecular weight excluding hydrogens is 304 g/mol. The largest absolute Gasteiger partial charge is 0.399 e. The maximum absolute atomic E-state index is 11.5. The second kappa shape index (κ2) is 4.49. The highest BCUT2D eigenvalue weighted by atomic mass is 79.9. The van der Waals surface area contributed by atoms with Gasteiger partial charge >= 0.3 is 0 Å². The zero-order valence-electron chi connectivity index (χ0n) is 9.56. The van der Waals surface area contributed by atoms with E-state index in [0.717, 1.165) is 10.2 Å². The van der Waals surface area contributed by atoms with Gasteiger partial charge in [-0.3, -0.25) is 0 Å². The Morgan fingerprint density at radius 2 is 2.18 bits per heavy atom. The molecular formula is C11H15BrN2O2S. The molecule has 1 unspecified atom stereocenters. The predicted octanol–water partition coefficient (Wildman–Crippen LogP) is 1.65. The van der Waals surface area contributed by atoms with Crippen LogP contribution >= 0.6 is 15.9 Å². The first-order valence-corrected chi connectivity index (χ1v) is 8.02. The van der Waals surface area contributed by atoms with Crippen molar-refractivity contribution in [2.75, 3.05) is 28.7 Å². The highest BCUT2D eigenvalue weighted by Gasteiger charge is 2.29. The van der Waals surface area contributed by atoms with E-state index < -0.39 is 9.84 Å². The fraction of sp³-hybridized carbons (Fsp3) is 0.455. The van der Waals surface area contributed by atoms with E-state index >= 15 is 0 Å². The SMILES string of the molecule is CC1CS(=O)(=O)CCN1c1ccc(N)cc1Br. The molecule has 0 bridgehead atoms. The average molecular weight is 319 g/mol. The number of nitrogen functional groups attached to an aromatic ring is 1. The zero-order chi connectivity index (χ0) is 12.6. The smallest absolute Gasteiger partial charge is 0.154 e. The Bertz CT molecular complexity index is 530. The third-order valence-corrected chi connectivity index (χ3v) is 5.38. The first-order valence-electron chi connectivity index (χ1n) is 5.41. The number of nitrogens with zero attached hydrogens (tertiary/aromatic N) is 1. The lowest BCUT2D eigenvalue weighted by Crippen LogP contribution is -2.47. The van der Waals surface area contributed by atoms with E-state index in [2.05, 4.69) is 20.8 Å². The van der Waals surface area contributed by atoms with Gasteiger partial charge in [-0.05, 0) is 41.1 Å². The lowest BCUT2D eigenvalue weighted by Gasteiger charge is -2.35. The second-order valence-corrected chi connectivity index (χ2v) is 7.45. The van der Waals surface area contributed by atoms with Crippen LogP contribution in [0.3, 0.4) is 0 Å². The van der Waals surface area contributed by atoms with Crippen molar-refractivity contribution < 1.29 is 8.42 Å². The van der Waals surface area contributed by atoms with Crippen molar-refractivity contribution in [2.24, 2.45) is 0 Å². The number of halogens is 1. The molecule has 1 aliphatic heterocycles. The molecule has 1 fully saturated rings. The Morgan fingerprint density at radius 1 is 1.47 bits per heavy atom. The molecule has 2 N–H and O–H groups in total. The van der Waals surface area contributed by atoms with Crippen molar-refractivity contribution in [2.45, 2.75) is 13.0 Å². The number of sulfone groups is 1. The molecule has 94 valence electrons. The summed E-state index contributed by atoms with van der Waals surface area (Å²) >= 11 is 3.47. The Labute approximate surface area is 110 Å². The van der Waals surface area contributed by atoms with Gasteiger partial charge in [0.1, 0.15) is 0 Å². The molecule has 0 aromatic heterocycles. The molecule has 1 saturated heterocycles.